The van der Waals surface area contributed by atoms with E-state index in [-0.39, 0.29) is 0 Å². The maximum Gasteiger partial charge on any atom is 0.0163 e. The summed E-state index contributed by atoms with van der Waals surface area (Å²) in [5.41, 5.74) is 0. The van der Waals surface area contributed by atoms with Crippen molar-refractivity contribution in [3.05, 3.63) is 12.2 Å². The van der Waals surface area contributed by atoms with Crippen LogP contribution in [0.5, 0.6) is 0 Å². The molecule has 0 aromatic heterocycles. The van der Waals surface area contributed by atoms with E-state index in [2.05, 4.69) is 30.9 Å². The van der Waals surface area contributed by atoms with E-state index >= 15 is 0 Å². The molecule has 1 aliphatic heterocycles. The van der Waals surface area contributed by atoms with Crippen molar-refractivity contribution in [2.45, 2.75) is 26.7 Å². The molecule has 1 fully saturated rings. The van der Waals surface area contributed by atoms with E-state index in [1.807, 2.05) is 0 Å². The topological polar surface area (TPSA) is 3.24 Å². The Morgan fingerprint density at radius 3 is 2.45 bits per heavy atom. The van der Waals surface area contributed by atoms with Crippen LogP contribution in [0.25, 0.3) is 0 Å². The molecule has 0 amide bonds. The first-order valence-electron chi connectivity index (χ1n) is 4.68. The number of allylic oxidation sites excluding steroid dienone is 1. The quantitative estimate of drug-likeness (QED) is 0.562. The predicted octanol–water partition coefficient (Wildman–Crippen LogP) is 2.29. The normalized spacial score (nSPS) is 20.6. The van der Waals surface area contributed by atoms with Crippen LogP contribution in [0.2, 0.25) is 0 Å². The van der Waals surface area contributed by atoms with Crippen LogP contribution in [-0.2, 0) is 0 Å². The van der Waals surface area contributed by atoms with E-state index in [0.717, 1.165) is 6.54 Å². The number of hydrogen-bond donors (Lipinski definition) is 0. The zero-order valence-electron chi connectivity index (χ0n) is 7.71. The first kappa shape index (κ1) is 8.79. The fourth-order valence-corrected chi connectivity index (χ4v) is 1.45. The molecular formula is C10H19N. The van der Waals surface area contributed by atoms with Crippen molar-refractivity contribution in [3.63, 3.8) is 0 Å². The molecule has 64 valence electrons. The lowest BCUT2D eigenvalue weighted by atomic mass is 10.2. The molecule has 1 saturated heterocycles. The third-order valence-electron chi connectivity index (χ3n) is 2.08. The largest absolute Gasteiger partial charge is 0.300 e. The van der Waals surface area contributed by atoms with Crippen LogP contribution in [0.3, 0.4) is 0 Å². The molecule has 1 aliphatic rings. The predicted molar refractivity (Wildman–Crippen MR) is 49.7 cm³/mol. The summed E-state index contributed by atoms with van der Waals surface area (Å²) in [6, 6.07) is 0. The van der Waals surface area contributed by atoms with Crippen molar-refractivity contribution in [1.29, 1.82) is 0 Å². The molecule has 0 saturated carbocycles. The fraction of sp³-hybridized carbons (Fsp3) is 0.800. The van der Waals surface area contributed by atoms with E-state index in [9.17, 15) is 0 Å². The molecule has 1 rings (SSSR count). The minimum absolute atomic E-state index is 0.706. The summed E-state index contributed by atoms with van der Waals surface area (Å²) in [6.07, 6.45) is 7.39. The van der Waals surface area contributed by atoms with E-state index in [1.165, 1.54) is 25.9 Å². The van der Waals surface area contributed by atoms with E-state index < -0.39 is 0 Å². The van der Waals surface area contributed by atoms with Gasteiger partial charge in [-0.2, -0.15) is 0 Å². The molecule has 1 heterocycles. The fourth-order valence-electron chi connectivity index (χ4n) is 1.45. The van der Waals surface area contributed by atoms with Gasteiger partial charge in [-0.25, -0.2) is 0 Å². The van der Waals surface area contributed by atoms with E-state index in [0.29, 0.717) is 5.92 Å². The highest BCUT2D eigenvalue weighted by Gasteiger charge is 2.08. The van der Waals surface area contributed by atoms with Crippen LogP contribution in [0, 0.1) is 5.92 Å². The maximum absolute atomic E-state index is 2.51. The van der Waals surface area contributed by atoms with Crippen molar-refractivity contribution in [2.24, 2.45) is 5.92 Å². The Hall–Kier alpha value is -0.300. The molecule has 1 nitrogen and oxygen atoms in total. The number of nitrogens with zero attached hydrogens (tertiary/aromatic N) is 1. The minimum atomic E-state index is 0.706. The second-order valence-corrected chi connectivity index (χ2v) is 3.68. The highest BCUT2D eigenvalue weighted by atomic mass is 15.1. The second-order valence-electron chi connectivity index (χ2n) is 3.68. The standard InChI is InChI=1S/C10H19N/c1-10(2)6-5-9-11-7-3-4-8-11/h5-6,10H,3-4,7-9H2,1-2H3/b6-5+. The Morgan fingerprint density at radius 1 is 1.27 bits per heavy atom. The van der Waals surface area contributed by atoms with Crippen LogP contribution in [0.4, 0.5) is 0 Å². The summed E-state index contributed by atoms with van der Waals surface area (Å²) < 4.78 is 0. The van der Waals surface area contributed by atoms with E-state index in [1.54, 1.807) is 0 Å². The second kappa shape index (κ2) is 4.55. The first-order valence-corrected chi connectivity index (χ1v) is 4.68. The third kappa shape index (κ3) is 3.57. The van der Waals surface area contributed by atoms with Crippen LogP contribution >= 0.6 is 0 Å². The van der Waals surface area contributed by atoms with Gasteiger partial charge >= 0.3 is 0 Å². The molecule has 0 radical (unpaired) electrons. The van der Waals surface area contributed by atoms with Gasteiger partial charge < -0.3 is 0 Å². The molecule has 0 atom stereocenters. The Bertz CT molecular complexity index is 121. The Labute approximate surface area is 70.1 Å². The highest BCUT2D eigenvalue weighted by molar-refractivity contribution is 4.88. The number of hydrogen-bond acceptors (Lipinski definition) is 1. The summed E-state index contributed by atoms with van der Waals surface area (Å²) >= 11 is 0. The van der Waals surface area contributed by atoms with Crippen LogP contribution in [0.1, 0.15) is 26.7 Å². The van der Waals surface area contributed by atoms with Crippen molar-refractivity contribution in [1.82, 2.24) is 4.90 Å². The van der Waals surface area contributed by atoms with Gasteiger partial charge in [0.1, 0.15) is 0 Å². The van der Waals surface area contributed by atoms with Crippen molar-refractivity contribution < 1.29 is 0 Å². The molecule has 0 bridgehead atoms. The summed E-state index contributed by atoms with van der Waals surface area (Å²) in [5, 5.41) is 0. The number of likely N-dealkylation sites (tertiary alicyclic amines) is 1. The van der Waals surface area contributed by atoms with Gasteiger partial charge in [0, 0.05) is 6.54 Å². The minimum Gasteiger partial charge on any atom is -0.300 e. The van der Waals surface area contributed by atoms with Crippen molar-refractivity contribution >= 4 is 0 Å². The van der Waals surface area contributed by atoms with Gasteiger partial charge in [-0.05, 0) is 31.8 Å². The van der Waals surface area contributed by atoms with Crippen LogP contribution < -0.4 is 0 Å². The summed E-state index contributed by atoms with van der Waals surface area (Å²) in [6.45, 7) is 8.23. The summed E-state index contributed by atoms with van der Waals surface area (Å²) in [4.78, 5) is 2.51. The lowest BCUT2D eigenvalue weighted by molar-refractivity contribution is 0.376. The average molecular weight is 153 g/mol. The zero-order valence-corrected chi connectivity index (χ0v) is 7.71. The van der Waals surface area contributed by atoms with E-state index in [4.69, 9.17) is 0 Å². The van der Waals surface area contributed by atoms with Gasteiger partial charge in [0.15, 0.2) is 0 Å². The van der Waals surface area contributed by atoms with Gasteiger partial charge in [-0.1, -0.05) is 26.0 Å². The van der Waals surface area contributed by atoms with Gasteiger partial charge in [0.2, 0.25) is 0 Å². The molecule has 0 aromatic carbocycles. The Balaban J connectivity index is 2.10. The SMILES string of the molecule is CC(C)/C=C/CN1CCCC1. The summed E-state index contributed by atoms with van der Waals surface area (Å²) in [5.74, 6) is 0.706. The van der Waals surface area contributed by atoms with Gasteiger partial charge in [0.05, 0.1) is 0 Å². The molecule has 0 aliphatic carbocycles. The lowest BCUT2D eigenvalue weighted by Crippen LogP contribution is -2.18. The van der Waals surface area contributed by atoms with Gasteiger partial charge in [0.25, 0.3) is 0 Å². The molecule has 0 aromatic rings. The average Bonchev–Trinajstić information content (AvgIpc) is 2.39. The molecule has 11 heavy (non-hydrogen) atoms. The molecule has 1 heteroatoms. The monoisotopic (exact) mass is 153 g/mol. The Kier molecular flexibility index (Phi) is 3.64. The molecule has 0 N–H and O–H groups in total. The smallest absolute Gasteiger partial charge is 0.0163 e. The number of rotatable bonds is 3. The van der Waals surface area contributed by atoms with Crippen LogP contribution in [0.15, 0.2) is 12.2 Å². The highest BCUT2D eigenvalue weighted by Crippen LogP contribution is 2.06. The lowest BCUT2D eigenvalue weighted by Gasteiger charge is -2.10. The zero-order chi connectivity index (χ0) is 8.10. The first-order chi connectivity index (χ1) is 5.29. The van der Waals surface area contributed by atoms with Crippen LogP contribution in [-0.4, -0.2) is 24.5 Å². The van der Waals surface area contributed by atoms with Gasteiger partial charge in [-0.3, -0.25) is 4.90 Å². The Morgan fingerprint density at radius 2 is 1.91 bits per heavy atom. The maximum atomic E-state index is 2.51. The third-order valence-corrected chi connectivity index (χ3v) is 2.08. The summed E-state index contributed by atoms with van der Waals surface area (Å²) in [7, 11) is 0. The molecular weight excluding hydrogens is 134 g/mol. The van der Waals surface area contributed by atoms with Crippen molar-refractivity contribution in [3.8, 4) is 0 Å². The molecule has 0 unspecified atom stereocenters. The van der Waals surface area contributed by atoms with Gasteiger partial charge in [-0.15, -0.1) is 0 Å². The van der Waals surface area contributed by atoms with Crippen molar-refractivity contribution in [2.75, 3.05) is 19.6 Å². The molecule has 0 spiro atoms.